The quantitative estimate of drug-likeness (QED) is 0.723. The van der Waals surface area contributed by atoms with E-state index in [1.165, 1.54) is 16.9 Å². The first-order valence-electron chi connectivity index (χ1n) is 8.61. The molecule has 2 aromatic rings. The zero-order valence-electron chi connectivity index (χ0n) is 14.8. The van der Waals surface area contributed by atoms with Crippen LogP contribution in [0.4, 0.5) is 0 Å². The van der Waals surface area contributed by atoms with Gasteiger partial charge in [-0.15, -0.1) is 16.4 Å². The Morgan fingerprint density at radius 1 is 1.52 bits per heavy atom. The Kier molecular flexibility index (Phi) is 6.17. The molecule has 2 aromatic heterocycles. The number of aromatic nitrogens is 3. The molecule has 3 rings (SSSR count). The highest BCUT2D eigenvalue weighted by molar-refractivity contribution is 7.10. The van der Waals surface area contributed by atoms with Crippen LogP contribution in [0.5, 0.6) is 0 Å². The molecule has 0 aliphatic carbocycles. The topological polar surface area (TPSA) is 72.3 Å². The number of aryl methyl sites for hydroxylation is 1. The van der Waals surface area contributed by atoms with Gasteiger partial charge in [0.1, 0.15) is 0 Å². The third-order valence-corrected chi connectivity index (χ3v) is 5.58. The van der Waals surface area contributed by atoms with Gasteiger partial charge in [0, 0.05) is 31.1 Å². The van der Waals surface area contributed by atoms with Crippen LogP contribution in [0, 0.1) is 6.92 Å². The van der Waals surface area contributed by atoms with Crippen LogP contribution >= 0.6 is 11.3 Å². The molecule has 7 nitrogen and oxygen atoms in total. The molecule has 1 N–H and O–H groups in total. The molecule has 1 unspecified atom stereocenters. The number of amides is 1. The molecule has 1 amide bonds. The zero-order valence-corrected chi connectivity index (χ0v) is 15.6. The Morgan fingerprint density at radius 2 is 2.40 bits per heavy atom. The van der Waals surface area contributed by atoms with Gasteiger partial charge in [0.25, 0.3) is 5.91 Å². The summed E-state index contributed by atoms with van der Waals surface area (Å²) in [7, 11) is 1.60. The highest BCUT2D eigenvalue weighted by Crippen LogP contribution is 2.25. The van der Waals surface area contributed by atoms with E-state index in [0.29, 0.717) is 24.9 Å². The minimum atomic E-state index is -0.208. The molecular weight excluding hydrogens is 338 g/mol. The van der Waals surface area contributed by atoms with Crippen LogP contribution in [-0.4, -0.2) is 58.6 Å². The Balaban J connectivity index is 1.56. The van der Waals surface area contributed by atoms with E-state index in [-0.39, 0.29) is 5.91 Å². The monoisotopic (exact) mass is 363 g/mol. The standard InChI is InChI=1S/C17H25N5O2S/c1-13-5-9-25-16(13)12-21-7-3-4-14(21)10-22-11-15(19-20-22)17(23)18-6-8-24-2/h5,9,11,14H,3-4,6-8,10,12H2,1-2H3,(H,18,23). The number of hydrogen-bond acceptors (Lipinski definition) is 6. The normalized spacial score (nSPS) is 17.9. The van der Waals surface area contributed by atoms with Crippen LogP contribution < -0.4 is 5.32 Å². The minimum absolute atomic E-state index is 0.208. The van der Waals surface area contributed by atoms with Gasteiger partial charge in [0.05, 0.1) is 19.3 Å². The fourth-order valence-corrected chi connectivity index (χ4v) is 4.06. The average Bonchev–Trinajstić information content (AvgIpc) is 3.32. The summed E-state index contributed by atoms with van der Waals surface area (Å²) in [4.78, 5) is 15.9. The number of nitrogens with zero attached hydrogens (tertiary/aromatic N) is 4. The van der Waals surface area contributed by atoms with Crippen LogP contribution in [-0.2, 0) is 17.8 Å². The number of thiophene rings is 1. The molecule has 1 atom stereocenters. The SMILES string of the molecule is COCCNC(=O)c1cn(CC2CCCN2Cc2sccc2C)nn1. The average molecular weight is 363 g/mol. The molecule has 8 heteroatoms. The van der Waals surface area contributed by atoms with Gasteiger partial charge < -0.3 is 10.1 Å². The molecule has 136 valence electrons. The van der Waals surface area contributed by atoms with Crippen LogP contribution in [0.3, 0.4) is 0 Å². The van der Waals surface area contributed by atoms with E-state index in [0.717, 1.165) is 26.1 Å². The number of carbonyl (C=O) groups is 1. The summed E-state index contributed by atoms with van der Waals surface area (Å²) < 4.78 is 6.71. The number of methoxy groups -OCH3 is 1. The number of carbonyl (C=O) groups excluding carboxylic acids is 1. The van der Waals surface area contributed by atoms with Gasteiger partial charge in [-0.05, 0) is 43.3 Å². The lowest BCUT2D eigenvalue weighted by Gasteiger charge is -2.24. The van der Waals surface area contributed by atoms with Crippen molar-refractivity contribution in [3.8, 4) is 0 Å². The van der Waals surface area contributed by atoms with Crippen LogP contribution in [0.1, 0.15) is 33.8 Å². The van der Waals surface area contributed by atoms with Crippen molar-refractivity contribution in [2.45, 2.75) is 38.9 Å². The van der Waals surface area contributed by atoms with Gasteiger partial charge in [-0.3, -0.25) is 14.4 Å². The van der Waals surface area contributed by atoms with Crippen molar-refractivity contribution < 1.29 is 9.53 Å². The van der Waals surface area contributed by atoms with E-state index in [2.05, 4.69) is 38.9 Å². The molecule has 25 heavy (non-hydrogen) atoms. The van der Waals surface area contributed by atoms with Crippen LogP contribution in [0.25, 0.3) is 0 Å². The summed E-state index contributed by atoms with van der Waals surface area (Å²) in [6.45, 7) is 6.00. The Morgan fingerprint density at radius 3 is 3.16 bits per heavy atom. The van der Waals surface area contributed by atoms with Crippen molar-refractivity contribution in [1.29, 1.82) is 0 Å². The summed E-state index contributed by atoms with van der Waals surface area (Å²) in [5, 5.41) is 13.0. The van der Waals surface area contributed by atoms with E-state index in [1.807, 2.05) is 11.3 Å². The highest BCUT2D eigenvalue weighted by atomic mass is 32.1. The first-order chi connectivity index (χ1) is 12.2. The van der Waals surface area contributed by atoms with Gasteiger partial charge in [-0.1, -0.05) is 5.21 Å². The van der Waals surface area contributed by atoms with Crippen molar-refractivity contribution in [2.75, 3.05) is 26.8 Å². The van der Waals surface area contributed by atoms with Gasteiger partial charge >= 0.3 is 0 Å². The minimum Gasteiger partial charge on any atom is -0.383 e. The molecule has 1 aliphatic heterocycles. The van der Waals surface area contributed by atoms with Crippen molar-refractivity contribution in [1.82, 2.24) is 25.2 Å². The second-order valence-corrected chi connectivity index (χ2v) is 7.37. The van der Waals surface area contributed by atoms with E-state index in [9.17, 15) is 4.79 Å². The number of ether oxygens (including phenoxy) is 1. The van der Waals surface area contributed by atoms with Gasteiger partial charge in [0.2, 0.25) is 0 Å². The Bertz CT molecular complexity index is 699. The first kappa shape index (κ1) is 18.0. The Hall–Kier alpha value is -1.77. The van der Waals surface area contributed by atoms with Crippen molar-refractivity contribution >= 4 is 17.2 Å². The van der Waals surface area contributed by atoms with Gasteiger partial charge in [0.15, 0.2) is 5.69 Å². The lowest BCUT2D eigenvalue weighted by Crippen LogP contribution is -2.32. The lowest BCUT2D eigenvalue weighted by atomic mass is 10.2. The van der Waals surface area contributed by atoms with Crippen molar-refractivity contribution in [3.63, 3.8) is 0 Å². The smallest absolute Gasteiger partial charge is 0.273 e. The number of nitrogens with one attached hydrogen (secondary N) is 1. The predicted octanol–water partition coefficient (Wildman–Crippen LogP) is 1.69. The van der Waals surface area contributed by atoms with Gasteiger partial charge in [-0.2, -0.15) is 0 Å². The van der Waals surface area contributed by atoms with Crippen molar-refractivity contribution in [3.05, 3.63) is 33.8 Å². The highest BCUT2D eigenvalue weighted by Gasteiger charge is 2.26. The van der Waals surface area contributed by atoms with E-state index >= 15 is 0 Å². The fraction of sp³-hybridized carbons (Fsp3) is 0.588. The zero-order chi connectivity index (χ0) is 17.6. The molecule has 0 aromatic carbocycles. The molecule has 3 heterocycles. The summed E-state index contributed by atoms with van der Waals surface area (Å²) in [6.07, 6.45) is 4.09. The van der Waals surface area contributed by atoms with Crippen LogP contribution in [0.15, 0.2) is 17.6 Å². The third-order valence-electron chi connectivity index (χ3n) is 4.57. The maximum absolute atomic E-state index is 12.0. The summed E-state index contributed by atoms with van der Waals surface area (Å²) in [5.74, 6) is -0.208. The third kappa shape index (κ3) is 4.65. The van der Waals surface area contributed by atoms with Crippen LogP contribution in [0.2, 0.25) is 0 Å². The number of likely N-dealkylation sites (tertiary alicyclic amines) is 1. The molecule has 0 spiro atoms. The van der Waals surface area contributed by atoms with E-state index in [4.69, 9.17) is 4.74 Å². The number of hydrogen-bond donors (Lipinski definition) is 1. The second kappa shape index (κ2) is 8.55. The second-order valence-electron chi connectivity index (χ2n) is 6.37. The first-order valence-corrected chi connectivity index (χ1v) is 9.49. The largest absolute Gasteiger partial charge is 0.383 e. The van der Waals surface area contributed by atoms with E-state index < -0.39 is 0 Å². The molecule has 0 radical (unpaired) electrons. The summed E-state index contributed by atoms with van der Waals surface area (Å²) in [5.41, 5.74) is 1.72. The molecule has 0 bridgehead atoms. The molecule has 1 fully saturated rings. The molecule has 1 aliphatic rings. The predicted molar refractivity (Wildman–Crippen MR) is 96.7 cm³/mol. The number of rotatable bonds is 8. The van der Waals surface area contributed by atoms with Crippen molar-refractivity contribution in [2.24, 2.45) is 0 Å². The van der Waals surface area contributed by atoms with E-state index in [1.54, 1.807) is 18.0 Å². The summed E-state index contributed by atoms with van der Waals surface area (Å²) in [6, 6.07) is 2.62. The maximum Gasteiger partial charge on any atom is 0.273 e. The van der Waals surface area contributed by atoms with Gasteiger partial charge in [-0.25, -0.2) is 0 Å². The maximum atomic E-state index is 12.0. The Labute approximate surface area is 152 Å². The molecular formula is C17H25N5O2S. The lowest BCUT2D eigenvalue weighted by molar-refractivity contribution is 0.0932. The molecule has 1 saturated heterocycles. The fourth-order valence-electron chi connectivity index (χ4n) is 3.13. The molecule has 0 saturated carbocycles. The summed E-state index contributed by atoms with van der Waals surface area (Å²) >= 11 is 1.82.